The molecule has 0 nitrogen and oxygen atoms in total. The Morgan fingerprint density at radius 2 is 1.21 bits per heavy atom. The molecule has 0 aliphatic carbocycles. The molecule has 0 aromatic heterocycles. The summed E-state index contributed by atoms with van der Waals surface area (Å²) >= 11 is 0. The lowest BCUT2D eigenvalue weighted by molar-refractivity contribution is 0.368. The molecule has 0 fully saturated rings. The molecular formula is C13H22BF4P. The van der Waals surface area contributed by atoms with Gasteiger partial charge < -0.3 is 17.3 Å². The fourth-order valence-corrected chi connectivity index (χ4v) is 4.97. The lowest BCUT2D eigenvalue weighted by Gasteiger charge is -2.23. The molecule has 1 aromatic rings. The monoisotopic (exact) mass is 296 g/mol. The number of benzene rings is 1. The van der Waals surface area contributed by atoms with Gasteiger partial charge in [0, 0.05) is 7.26 Å². The largest absolute Gasteiger partial charge is 0.673 e. The van der Waals surface area contributed by atoms with E-state index >= 15 is 0 Å². The Morgan fingerprint density at radius 3 is 1.53 bits per heavy atom. The van der Waals surface area contributed by atoms with E-state index < -0.39 is 14.5 Å². The second-order valence-electron chi connectivity index (χ2n) is 4.43. The van der Waals surface area contributed by atoms with Crippen LogP contribution in [0.25, 0.3) is 0 Å². The van der Waals surface area contributed by atoms with Gasteiger partial charge in [-0.15, -0.1) is 0 Å². The van der Waals surface area contributed by atoms with E-state index in [9.17, 15) is 17.3 Å². The Morgan fingerprint density at radius 1 is 0.842 bits per heavy atom. The second-order valence-corrected chi connectivity index (χ2v) is 9.33. The number of hydrogen-bond acceptors (Lipinski definition) is 0. The SMILES string of the molecule is CC[P+](CC)(CC)Cc1ccccc1.F[B-](F)(F)F. The van der Waals surface area contributed by atoms with Gasteiger partial charge in [-0.1, -0.05) is 30.3 Å². The first-order valence-corrected chi connectivity index (χ1v) is 9.05. The summed E-state index contributed by atoms with van der Waals surface area (Å²) in [5, 5.41) is 0. The molecule has 0 aliphatic heterocycles. The van der Waals surface area contributed by atoms with Crippen molar-refractivity contribution >= 4 is 14.5 Å². The third kappa shape index (κ3) is 9.04. The Balaban J connectivity index is 0.000000555. The van der Waals surface area contributed by atoms with Crippen LogP contribution in [0, 0.1) is 0 Å². The topological polar surface area (TPSA) is 0 Å². The minimum Gasteiger partial charge on any atom is -0.418 e. The second kappa shape index (κ2) is 8.57. The zero-order chi connectivity index (χ0) is 14.9. The van der Waals surface area contributed by atoms with E-state index in [2.05, 4.69) is 51.1 Å². The molecule has 0 bridgehead atoms. The van der Waals surface area contributed by atoms with E-state index in [4.69, 9.17) is 0 Å². The smallest absolute Gasteiger partial charge is 0.418 e. The maximum absolute atomic E-state index is 9.75. The van der Waals surface area contributed by atoms with Gasteiger partial charge >= 0.3 is 7.25 Å². The molecule has 0 spiro atoms. The molecule has 0 atom stereocenters. The average Bonchev–Trinajstić information content (AvgIpc) is 2.35. The van der Waals surface area contributed by atoms with Crippen molar-refractivity contribution in [3.05, 3.63) is 35.9 Å². The van der Waals surface area contributed by atoms with Gasteiger partial charge in [0.15, 0.2) is 0 Å². The van der Waals surface area contributed by atoms with Crippen LogP contribution in [0.15, 0.2) is 30.3 Å². The van der Waals surface area contributed by atoms with Crippen molar-refractivity contribution in [2.75, 3.05) is 18.5 Å². The first-order valence-electron chi connectivity index (χ1n) is 6.52. The summed E-state index contributed by atoms with van der Waals surface area (Å²) in [6.45, 7) is 7.09. The van der Waals surface area contributed by atoms with Crippen molar-refractivity contribution in [2.45, 2.75) is 26.9 Å². The highest BCUT2D eigenvalue weighted by Gasteiger charge is 2.30. The summed E-state index contributed by atoms with van der Waals surface area (Å²) in [5.74, 6) is 0. The normalized spacial score (nSPS) is 11.7. The predicted molar refractivity (Wildman–Crippen MR) is 78.9 cm³/mol. The van der Waals surface area contributed by atoms with Gasteiger partial charge in [0.25, 0.3) is 0 Å². The highest BCUT2D eigenvalue weighted by Crippen LogP contribution is 2.60. The molecule has 0 heterocycles. The Labute approximate surface area is 114 Å². The van der Waals surface area contributed by atoms with Gasteiger partial charge in [0.2, 0.25) is 0 Å². The van der Waals surface area contributed by atoms with Gasteiger partial charge in [-0.2, -0.15) is 0 Å². The molecular weight excluding hydrogens is 274 g/mol. The summed E-state index contributed by atoms with van der Waals surface area (Å²) < 4.78 is 39.0. The number of hydrogen-bond donors (Lipinski definition) is 0. The van der Waals surface area contributed by atoms with Crippen molar-refractivity contribution in [3.63, 3.8) is 0 Å². The van der Waals surface area contributed by atoms with Crippen molar-refractivity contribution in [1.29, 1.82) is 0 Å². The van der Waals surface area contributed by atoms with E-state index in [1.54, 1.807) is 0 Å². The first-order chi connectivity index (χ1) is 8.76. The van der Waals surface area contributed by atoms with Crippen LogP contribution in [0.4, 0.5) is 17.3 Å². The highest BCUT2D eigenvalue weighted by atomic mass is 31.2. The van der Waals surface area contributed by atoms with Crippen molar-refractivity contribution in [2.24, 2.45) is 0 Å². The molecule has 6 heteroatoms. The molecule has 0 aliphatic rings. The van der Waals surface area contributed by atoms with E-state index in [-0.39, 0.29) is 0 Å². The minimum absolute atomic E-state index is 0.661. The third-order valence-corrected chi connectivity index (χ3v) is 8.43. The van der Waals surface area contributed by atoms with Crippen molar-refractivity contribution < 1.29 is 17.3 Å². The molecule has 1 aromatic carbocycles. The molecule has 0 N–H and O–H groups in total. The zero-order valence-electron chi connectivity index (χ0n) is 11.8. The van der Waals surface area contributed by atoms with E-state index in [1.807, 2.05) is 0 Å². The summed E-state index contributed by atoms with van der Waals surface area (Å²) in [4.78, 5) is 0. The molecule has 19 heavy (non-hydrogen) atoms. The van der Waals surface area contributed by atoms with Gasteiger partial charge in [-0.3, -0.25) is 0 Å². The fraction of sp³-hybridized carbons (Fsp3) is 0.538. The highest BCUT2D eigenvalue weighted by molar-refractivity contribution is 7.75. The standard InChI is InChI=1S/C13H22P.BF4/c1-4-14(5-2,6-3)12-13-10-8-7-9-11-13;2-1(3,4)5/h7-11H,4-6,12H2,1-3H3;/q+1;-1. The number of rotatable bonds is 5. The van der Waals surface area contributed by atoms with Gasteiger partial charge in [0.05, 0.1) is 24.6 Å². The van der Waals surface area contributed by atoms with Gasteiger partial charge in [0.1, 0.15) is 0 Å². The summed E-state index contributed by atoms with van der Waals surface area (Å²) in [6, 6.07) is 11.0. The van der Waals surface area contributed by atoms with E-state index in [0.29, 0.717) is 0 Å². The third-order valence-electron chi connectivity index (χ3n) is 3.37. The van der Waals surface area contributed by atoms with Crippen LogP contribution in [-0.4, -0.2) is 25.7 Å². The first kappa shape index (κ1) is 18.4. The lowest BCUT2D eigenvalue weighted by Crippen LogP contribution is -2.05. The fourth-order valence-electron chi connectivity index (χ4n) is 1.98. The van der Waals surface area contributed by atoms with Crippen molar-refractivity contribution in [3.8, 4) is 0 Å². The van der Waals surface area contributed by atoms with Crippen LogP contribution in [0.1, 0.15) is 26.3 Å². The van der Waals surface area contributed by atoms with Crippen LogP contribution < -0.4 is 0 Å². The molecule has 0 saturated carbocycles. The summed E-state index contributed by atoms with van der Waals surface area (Å²) in [5.41, 5.74) is 1.53. The summed E-state index contributed by atoms with van der Waals surface area (Å²) in [7, 11) is -6.66. The summed E-state index contributed by atoms with van der Waals surface area (Å²) in [6.07, 6.45) is 5.54. The molecule has 1 rings (SSSR count). The number of halogens is 4. The van der Waals surface area contributed by atoms with Crippen molar-refractivity contribution in [1.82, 2.24) is 0 Å². The average molecular weight is 296 g/mol. The van der Waals surface area contributed by atoms with E-state index in [1.165, 1.54) is 30.2 Å². The Kier molecular flexibility index (Phi) is 8.32. The Hall–Kier alpha value is -0.565. The van der Waals surface area contributed by atoms with Crippen LogP contribution in [-0.2, 0) is 6.16 Å². The molecule has 0 saturated heterocycles. The predicted octanol–water partition coefficient (Wildman–Crippen LogP) is 5.56. The molecule has 0 unspecified atom stereocenters. The van der Waals surface area contributed by atoms with Crippen LogP contribution in [0.2, 0.25) is 0 Å². The molecule has 110 valence electrons. The van der Waals surface area contributed by atoms with Crippen LogP contribution >= 0.6 is 7.26 Å². The molecule has 0 amide bonds. The lowest BCUT2D eigenvalue weighted by atomic mass is 10.2. The molecule has 0 radical (unpaired) electrons. The zero-order valence-corrected chi connectivity index (χ0v) is 12.6. The van der Waals surface area contributed by atoms with Gasteiger partial charge in [-0.25, -0.2) is 0 Å². The quantitative estimate of drug-likeness (QED) is 0.379. The van der Waals surface area contributed by atoms with Crippen LogP contribution in [0.5, 0.6) is 0 Å². The maximum atomic E-state index is 9.75. The van der Waals surface area contributed by atoms with E-state index in [0.717, 1.165) is 0 Å². The minimum atomic E-state index is -6.00. The Bertz CT molecular complexity index is 322. The van der Waals surface area contributed by atoms with Crippen LogP contribution in [0.3, 0.4) is 0 Å². The maximum Gasteiger partial charge on any atom is 0.673 e. The van der Waals surface area contributed by atoms with Gasteiger partial charge in [-0.05, 0) is 26.3 Å².